The van der Waals surface area contributed by atoms with Gasteiger partial charge in [-0.2, -0.15) is 0 Å². The second-order valence-electron chi connectivity index (χ2n) is 3.29. The van der Waals surface area contributed by atoms with Crippen LogP contribution in [0.2, 0.25) is 0 Å². The fourth-order valence-electron chi connectivity index (χ4n) is 1.15. The molecule has 84 valence electrons. The molecule has 0 aliphatic rings. The van der Waals surface area contributed by atoms with E-state index in [1.807, 2.05) is 0 Å². The lowest BCUT2D eigenvalue weighted by atomic mass is 10.5. The molecule has 0 spiro atoms. The van der Waals surface area contributed by atoms with Gasteiger partial charge in [-0.05, 0) is 6.07 Å². The lowest BCUT2D eigenvalue weighted by Crippen LogP contribution is -2.00. The number of hydrogen-bond donors (Lipinski definition) is 0. The molecule has 2 aromatic heterocycles. The number of sulfone groups is 1. The number of aromatic nitrogens is 3. The van der Waals surface area contributed by atoms with E-state index in [9.17, 15) is 8.42 Å². The van der Waals surface area contributed by atoms with Crippen molar-refractivity contribution in [1.29, 1.82) is 0 Å². The Kier molecular flexibility index (Phi) is 2.97. The molecule has 0 saturated carbocycles. The number of rotatable bonds is 3. The Balaban J connectivity index is 2.27. The smallest absolute Gasteiger partial charge is 0.188 e. The van der Waals surface area contributed by atoms with E-state index in [-0.39, 0.29) is 5.75 Å². The third-order valence-corrected chi connectivity index (χ3v) is 3.43. The first kappa shape index (κ1) is 11.2. The fraction of sp³-hybridized carbons (Fsp3) is 0.222. The number of thiazole rings is 1. The highest BCUT2D eigenvalue weighted by molar-refractivity contribution is 7.89. The molecule has 0 unspecified atom stereocenters. The minimum Gasteiger partial charge on any atom is -0.237 e. The molecule has 0 aliphatic carbocycles. The van der Waals surface area contributed by atoms with E-state index >= 15 is 0 Å². The van der Waals surface area contributed by atoms with E-state index < -0.39 is 9.84 Å². The van der Waals surface area contributed by atoms with Crippen LogP contribution in [0.25, 0.3) is 10.8 Å². The maximum Gasteiger partial charge on any atom is 0.188 e. The van der Waals surface area contributed by atoms with Gasteiger partial charge in [0.05, 0.1) is 11.4 Å². The second kappa shape index (κ2) is 4.26. The van der Waals surface area contributed by atoms with Crippen molar-refractivity contribution in [3.05, 3.63) is 29.5 Å². The lowest BCUT2D eigenvalue weighted by Gasteiger charge is -1.93. The molecule has 2 rings (SSSR count). The van der Waals surface area contributed by atoms with Crippen molar-refractivity contribution in [3.63, 3.8) is 0 Å². The molecule has 2 aromatic rings. The summed E-state index contributed by atoms with van der Waals surface area (Å²) in [5.41, 5.74) is 0.537. The molecular weight excluding hydrogens is 246 g/mol. The van der Waals surface area contributed by atoms with Gasteiger partial charge in [-0.3, -0.25) is 0 Å². The largest absolute Gasteiger partial charge is 0.237 e. The zero-order valence-electron chi connectivity index (χ0n) is 8.49. The van der Waals surface area contributed by atoms with Gasteiger partial charge >= 0.3 is 0 Å². The Labute approximate surface area is 97.1 Å². The van der Waals surface area contributed by atoms with E-state index in [2.05, 4.69) is 15.0 Å². The van der Waals surface area contributed by atoms with E-state index in [1.165, 1.54) is 17.6 Å². The standard InChI is InChI=1S/C9H9N3O2S2/c1-16(13,14)6-7-5-15-9(12-7)8-10-3-2-4-11-8/h2-5H,6H2,1H3. The molecule has 0 N–H and O–H groups in total. The lowest BCUT2D eigenvalue weighted by molar-refractivity contribution is 0.600. The van der Waals surface area contributed by atoms with Crippen LogP contribution in [0.4, 0.5) is 0 Å². The summed E-state index contributed by atoms with van der Waals surface area (Å²) in [6, 6.07) is 1.72. The van der Waals surface area contributed by atoms with Crippen molar-refractivity contribution in [1.82, 2.24) is 15.0 Å². The summed E-state index contributed by atoms with van der Waals surface area (Å²) in [6.45, 7) is 0. The molecule has 2 heterocycles. The van der Waals surface area contributed by atoms with Gasteiger partial charge < -0.3 is 0 Å². The highest BCUT2D eigenvalue weighted by atomic mass is 32.2. The van der Waals surface area contributed by atoms with E-state index in [0.29, 0.717) is 16.5 Å². The summed E-state index contributed by atoms with van der Waals surface area (Å²) >= 11 is 1.34. The van der Waals surface area contributed by atoms with Crippen LogP contribution in [0.1, 0.15) is 5.69 Å². The summed E-state index contributed by atoms with van der Waals surface area (Å²) in [6.07, 6.45) is 4.44. The average Bonchev–Trinajstić information content (AvgIpc) is 2.65. The molecule has 0 bridgehead atoms. The molecule has 0 amide bonds. The van der Waals surface area contributed by atoms with E-state index in [1.54, 1.807) is 23.8 Å². The van der Waals surface area contributed by atoms with Gasteiger partial charge in [-0.25, -0.2) is 23.4 Å². The first-order chi connectivity index (χ1) is 7.54. The second-order valence-corrected chi connectivity index (χ2v) is 6.28. The van der Waals surface area contributed by atoms with E-state index in [0.717, 1.165) is 0 Å². The van der Waals surface area contributed by atoms with Gasteiger partial charge in [0.25, 0.3) is 0 Å². The molecule has 0 aliphatic heterocycles. The first-order valence-electron chi connectivity index (χ1n) is 4.44. The summed E-state index contributed by atoms with van der Waals surface area (Å²) in [5.74, 6) is 0.475. The van der Waals surface area contributed by atoms with Gasteiger partial charge in [0.2, 0.25) is 0 Å². The molecule has 0 saturated heterocycles. The predicted molar refractivity (Wildman–Crippen MR) is 61.7 cm³/mol. The third kappa shape index (κ3) is 2.83. The molecule has 0 radical (unpaired) electrons. The zero-order chi connectivity index (χ0) is 11.6. The Bertz CT molecular complexity index is 578. The molecule has 0 fully saturated rings. The fourth-order valence-corrected chi connectivity index (χ4v) is 2.71. The summed E-state index contributed by atoms with van der Waals surface area (Å²) in [4.78, 5) is 12.3. The minimum absolute atomic E-state index is 0.0453. The number of hydrogen-bond acceptors (Lipinski definition) is 6. The van der Waals surface area contributed by atoms with Crippen molar-refractivity contribution in [2.24, 2.45) is 0 Å². The summed E-state index contributed by atoms with van der Waals surface area (Å²) in [7, 11) is -3.04. The summed E-state index contributed by atoms with van der Waals surface area (Å²) in [5, 5.41) is 2.35. The van der Waals surface area contributed by atoms with Crippen molar-refractivity contribution >= 4 is 21.2 Å². The maximum atomic E-state index is 11.1. The topological polar surface area (TPSA) is 72.8 Å². The quantitative estimate of drug-likeness (QED) is 0.822. The molecule has 5 nitrogen and oxygen atoms in total. The van der Waals surface area contributed by atoms with Crippen LogP contribution in [0.5, 0.6) is 0 Å². The van der Waals surface area contributed by atoms with Crippen molar-refractivity contribution < 1.29 is 8.42 Å². The van der Waals surface area contributed by atoms with Crippen LogP contribution < -0.4 is 0 Å². The van der Waals surface area contributed by atoms with Gasteiger partial charge in [-0.1, -0.05) is 0 Å². The zero-order valence-corrected chi connectivity index (χ0v) is 10.1. The van der Waals surface area contributed by atoms with Gasteiger partial charge in [0.1, 0.15) is 0 Å². The highest BCUT2D eigenvalue weighted by Gasteiger charge is 2.10. The first-order valence-corrected chi connectivity index (χ1v) is 7.38. The minimum atomic E-state index is -3.04. The van der Waals surface area contributed by atoms with Crippen LogP contribution in [-0.4, -0.2) is 29.6 Å². The maximum absolute atomic E-state index is 11.1. The van der Waals surface area contributed by atoms with Gasteiger partial charge in [-0.15, -0.1) is 11.3 Å². The van der Waals surface area contributed by atoms with Crippen LogP contribution in [0, 0.1) is 0 Å². The van der Waals surface area contributed by atoms with Gasteiger partial charge in [0.15, 0.2) is 20.7 Å². The van der Waals surface area contributed by atoms with Gasteiger partial charge in [0, 0.05) is 24.0 Å². The van der Waals surface area contributed by atoms with Crippen LogP contribution in [-0.2, 0) is 15.6 Å². The SMILES string of the molecule is CS(=O)(=O)Cc1csc(-c2ncccn2)n1. The van der Waals surface area contributed by atoms with Crippen molar-refractivity contribution in [2.45, 2.75) is 5.75 Å². The molecule has 16 heavy (non-hydrogen) atoms. The molecule has 0 atom stereocenters. The highest BCUT2D eigenvalue weighted by Crippen LogP contribution is 2.20. The molecule has 0 aromatic carbocycles. The monoisotopic (exact) mass is 255 g/mol. The van der Waals surface area contributed by atoms with E-state index in [4.69, 9.17) is 0 Å². The predicted octanol–water partition coefficient (Wildman–Crippen LogP) is 1.14. The van der Waals surface area contributed by atoms with Crippen molar-refractivity contribution in [2.75, 3.05) is 6.26 Å². The third-order valence-electron chi connectivity index (χ3n) is 1.72. The van der Waals surface area contributed by atoms with Crippen LogP contribution in [0.15, 0.2) is 23.8 Å². The average molecular weight is 255 g/mol. The molecular formula is C9H9N3O2S2. The normalized spacial score (nSPS) is 11.6. The Morgan fingerprint density at radius 2 is 2.00 bits per heavy atom. The van der Waals surface area contributed by atoms with Crippen molar-refractivity contribution in [3.8, 4) is 10.8 Å². The molecule has 7 heteroatoms. The Morgan fingerprint density at radius 1 is 1.31 bits per heavy atom. The summed E-state index contributed by atoms with van der Waals surface area (Å²) < 4.78 is 22.2. The van der Waals surface area contributed by atoms with Crippen LogP contribution in [0.3, 0.4) is 0 Å². The Hall–Kier alpha value is -1.34. The Morgan fingerprint density at radius 3 is 2.62 bits per heavy atom. The number of nitrogens with zero attached hydrogens (tertiary/aromatic N) is 3. The van der Waals surface area contributed by atoms with Crippen LogP contribution >= 0.6 is 11.3 Å².